The van der Waals surface area contributed by atoms with Crippen LogP contribution in [0.25, 0.3) is 0 Å². The molecular weight excluding hydrogens is 302 g/mol. The zero-order valence-electron chi connectivity index (χ0n) is 11.6. The summed E-state index contributed by atoms with van der Waals surface area (Å²) in [7, 11) is 0. The highest BCUT2D eigenvalue weighted by atomic mass is 32.2. The first kappa shape index (κ1) is 14.3. The van der Waals surface area contributed by atoms with Crippen LogP contribution in [0.15, 0.2) is 39.9 Å². The van der Waals surface area contributed by atoms with Crippen LogP contribution in [0.2, 0.25) is 0 Å². The van der Waals surface area contributed by atoms with Crippen LogP contribution in [-0.4, -0.2) is 11.3 Å². The Labute approximate surface area is 132 Å². The number of urea groups is 1. The zero-order valence-corrected chi connectivity index (χ0v) is 13.3. The van der Waals surface area contributed by atoms with E-state index < -0.39 is 6.03 Å². The summed E-state index contributed by atoms with van der Waals surface area (Å²) in [4.78, 5) is 10.9. The van der Waals surface area contributed by atoms with Crippen LogP contribution in [0.5, 0.6) is 0 Å². The molecule has 6 heteroatoms. The molecule has 2 aromatic rings. The van der Waals surface area contributed by atoms with Crippen molar-refractivity contribution in [3.63, 3.8) is 0 Å². The van der Waals surface area contributed by atoms with Crippen molar-refractivity contribution in [1.29, 1.82) is 0 Å². The second kappa shape index (κ2) is 5.99. The molecule has 0 radical (unpaired) electrons. The highest BCUT2D eigenvalue weighted by Gasteiger charge is 2.26. The average Bonchev–Trinajstić information content (AvgIpc) is 2.86. The maximum Gasteiger partial charge on any atom is 0.316 e. The predicted molar refractivity (Wildman–Crippen MR) is 90.3 cm³/mol. The summed E-state index contributed by atoms with van der Waals surface area (Å²) in [6.45, 7) is 2.26. The highest BCUT2D eigenvalue weighted by molar-refractivity contribution is 8.01. The Morgan fingerprint density at radius 2 is 2.14 bits per heavy atom. The molecule has 21 heavy (non-hydrogen) atoms. The number of benzene rings is 1. The van der Waals surface area contributed by atoms with E-state index in [-0.39, 0.29) is 0 Å². The number of amides is 2. The lowest BCUT2D eigenvalue weighted by atomic mass is 10.0. The Morgan fingerprint density at radius 1 is 1.33 bits per heavy atom. The molecule has 1 aromatic heterocycles. The van der Waals surface area contributed by atoms with E-state index in [0.29, 0.717) is 17.0 Å². The van der Waals surface area contributed by atoms with Crippen LogP contribution in [0.3, 0.4) is 0 Å². The Balaban J connectivity index is 1.80. The van der Waals surface area contributed by atoms with Gasteiger partial charge in [0, 0.05) is 16.6 Å². The van der Waals surface area contributed by atoms with E-state index in [2.05, 4.69) is 29.0 Å². The maximum absolute atomic E-state index is 10.9. The van der Waals surface area contributed by atoms with Gasteiger partial charge >= 0.3 is 6.03 Å². The first-order valence-electron chi connectivity index (χ1n) is 6.79. The van der Waals surface area contributed by atoms with Crippen molar-refractivity contribution in [1.82, 2.24) is 0 Å². The molecule has 1 aliphatic heterocycles. The van der Waals surface area contributed by atoms with E-state index in [1.165, 1.54) is 9.77 Å². The largest absolute Gasteiger partial charge is 0.378 e. The molecule has 110 valence electrons. The summed E-state index contributed by atoms with van der Waals surface area (Å²) in [6, 6.07) is 9.60. The summed E-state index contributed by atoms with van der Waals surface area (Å²) in [5.74, 6) is 0. The molecule has 0 bridgehead atoms. The van der Waals surface area contributed by atoms with Gasteiger partial charge in [0.05, 0.1) is 10.3 Å². The van der Waals surface area contributed by atoms with Crippen molar-refractivity contribution in [2.45, 2.75) is 28.8 Å². The van der Waals surface area contributed by atoms with Crippen molar-refractivity contribution in [3.8, 4) is 0 Å². The van der Waals surface area contributed by atoms with Crippen LogP contribution in [0.1, 0.15) is 24.9 Å². The molecule has 0 fully saturated rings. The molecule has 0 spiro atoms. The number of primary amides is 1. The number of carbonyl (C=O) groups excluding carboxylic acids is 1. The van der Waals surface area contributed by atoms with Gasteiger partial charge in [-0.1, -0.05) is 13.0 Å². The molecule has 3 rings (SSSR count). The third kappa shape index (κ3) is 3.33. The van der Waals surface area contributed by atoms with Gasteiger partial charge in [-0.15, -0.1) is 23.1 Å². The number of hydrogen-bond donors (Lipinski definition) is 3. The second-order valence-corrected chi connectivity index (χ2v) is 7.72. The minimum absolute atomic E-state index is 0.311. The molecule has 0 saturated carbocycles. The van der Waals surface area contributed by atoms with Gasteiger partial charge in [0.2, 0.25) is 0 Å². The smallest absolute Gasteiger partial charge is 0.316 e. The van der Waals surface area contributed by atoms with E-state index >= 15 is 0 Å². The van der Waals surface area contributed by atoms with Crippen molar-refractivity contribution < 1.29 is 4.79 Å². The third-order valence-electron chi connectivity index (χ3n) is 3.38. The molecule has 1 aromatic carbocycles. The van der Waals surface area contributed by atoms with Crippen LogP contribution < -0.4 is 16.4 Å². The molecule has 4 N–H and O–H groups in total. The third-order valence-corrected chi connectivity index (χ3v) is 5.72. The number of carbonyl (C=O) groups is 1. The van der Waals surface area contributed by atoms with Crippen LogP contribution in [0.4, 0.5) is 16.2 Å². The predicted octanol–water partition coefficient (Wildman–Crippen LogP) is 4.28. The summed E-state index contributed by atoms with van der Waals surface area (Å²) in [6.07, 6.45) is 1.09. The summed E-state index contributed by atoms with van der Waals surface area (Å²) in [5.41, 5.74) is 8.22. The van der Waals surface area contributed by atoms with E-state index in [9.17, 15) is 4.79 Å². The standard InChI is InChI=1S/C15H17N3OS2/c1-9-7-13(12-5-6-20-14(12)21-9)17-10-3-2-4-11(8-10)18-15(16)19/h2-6,8-9,13,17H,7H2,1H3,(H3,16,18,19)/t9-,13?/m0/s1. The van der Waals surface area contributed by atoms with Gasteiger partial charge in [-0.05, 0) is 41.6 Å². The number of rotatable bonds is 3. The lowest BCUT2D eigenvalue weighted by Crippen LogP contribution is -2.20. The second-order valence-electron chi connectivity index (χ2n) is 5.09. The fourth-order valence-electron chi connectivity index (χ4n) is 2.52. The zero-order chi connectivity index (χ0) is 14.8. The molecule has 0 saturated heterocycles. The van der Waals surface area contributed by atoms with E-state index in [0.717, 1.165) is 12.1 Å². The topological polar surface area (TPSA) is 67.2 Å². The van der Waals surface area contributed by atoms with Crippen molar-refractivity contribution in [2.75, 3.05) is 10.6 Å². The molecule has 0 aliphatic carbocycles. The number of thioether (sulfide) groups is 1. The van der Waals surface area contributed by atoms with Gasteiger partial charge < -0.3 is 16.4 Å². The lowest BCUT2D eigenvalue weighted by molar-refractivity contribution is 0.259. The number of thiophene rings is 1. The van der Waals surface area contributed by atoms with Crippen molar-refractivity contribution >= 4 is 40.5 Å². The SMILES string of the molecule is C[C@H]1CC(Nc2cccc(NC(N)=O)c2)c2ccsc2S1. The number of anilines is 2. The Bertz CT molecular complexity index is 656. The Kier molecular flexibility index (Phi) is 4.07. The van der Waals surface area contributed by atoms with E-state index in [1.54, 1.807) is 11.3 Å². The number of nitrogens with one attached hydrogen (secondary N) is 2. The Morgan fingerprint density at radius 3 is 2.95 bits per heavy atom. The number of nitrogens with two attached hydrogens (primary N) is 1. The molecule has 4 nitrogen and oxygen atoms in total. The van der Waals surface area contributed by atoms with Crippen molar-refractivity contribution in [2.24, 2.45) is 5.73 Å². The quantitative estimate of drug-likeness (QED) is 0.791. The number of fused-ring (bicyclic) bond motifs is 1. The van der Waals surface area contributed by atoms with Crippen molar-refractivity contribution in [3.05, 3.63) is 41.3 Å². The normalized spacial score (nSPS) is 20.6. The molecular formula is C15H17N3OS2. The lowest BCUT2D eigenvalue weighted by Gasteiger charge is -2.28. The highest BCUT2D eigenvalue weighted by Crippen LogP contribution is 2.44. The molecule has 1 unspecified atom stereocenters. The van der Waals surface area contributed by atoms with Crippen LogP contribution in [-0.2, 0) is 0 Å². The van der Waals surface area contributed by atoms with E-state index in [1.807, 2.05) is 36.0 Å². The molecule has 1 aliphatic rings. The summed E-state index contributed by atoms with van der Waals surface area (Å²) < 4.78 is 1.40. The summed E-state index contributed by atoms with van der Waals surface area (Å²) >= 11 is 3.75. The molecule has 2 atom stereocenters. The fourth-order valence-corrected chi connectivity index (χ4v) is 5.08. The minimum Gasteiger partial charge on any atom is -0.378 e. The van der Waals surface area contributed by atoms with Gasteiger partial charge in [0.1, 0.15) is 0 Å². The first-order valence-corrected chi connectivity index (χ1v) is 8.55. The van der Waals surface area contributed by atoms with Gasteiger partial charge in [0.15, 0.2) is 0 Å². The van der Waals surface area contributed by atoms with Gasteiger partial charge in [-0.3, -0.25) is 0 Å². The van der Waals surface area contributed by atoms with Gasteiger partial charge in [-0.2, -0.15) is 0 Å². The Hall–Kier alpha value is -1.66. The summed E-state index contributed by atoms with van der Waals surface area (Å²) in [5, 5.41) is 8.92. The molecule has 2 amide bonds. The van der Waals surface area contributed by atoms with Crippen LogP contribution in [0, 0.1) is 0 Å². The minimum atomic E-state index is -0.546. The van der Waals surface area contributed by atoms with Gasteiger partial charge in [-0.25, -0.2) is 4.79 Å². The van der Waals surface area contributed by atoms with E-state index in [4.69, 9.17) is 5.73 Å². The average molecular weight is 319 g/mol. The molecule has 2 heterocycles. The van der Waals surface area contributed by atoms with Gasteiger partial charge in [0.25, 0.3) is 0 Å². The first-order chi connectivity index (χ1) is 10.1. The van der Waals surface area contributed by atoms with Crippen LogP contribution >= 0.6 is 23.1 Å². The monoisotopic (exact) mass is 319 g/mol. The maximum atomic E-state index is 10.9. The number of hydrogen-bond acceptors (Lipinski definition) is 4. The fraction of sp³-hybridized carbons (Fsp3) is 0.267.